The van der Waals surface area contributed by atoms with Crippen LogP contribution in [-0.4, -0.2) is 52.7 Å². The number of anilines is 1. The molecule has 6 nitrogen and oxygen atoms in total. The number of piperazine rings is 1. The normalized spacial score (nSPS) is 14.3. The molecule has 0 N–H and O–H groups in total. The Kier molecular flexibility index (Phi) is 6.85. The van der Waals surface area contributed by atoms with E-state index in [9.17, 15) is 9.59 Å². The lowest BCUT2D eigenvalue weighted by molar-refractivity contribution is -0.131. The largest absolute Gasteiger partial charge is 0.353 e. The lowest BCUT2D eigenvalue weighted by Gasteiger charge is -2.35. The van der Waals surface area contributed by atoms with Gasteiger partial charge in [0.05, 0.1) is 0 Å². The summed E-state index contributed by atoms with van der Waals surface area (Å²) in [5.41, 5.74) is 3.92. The Labute approximate surface area is 179 Å². The van der Waals surface area contributed by atoms with Gasteiger partial charge in [0, 0.05) is 62.3 Å². The first kappa shape index (κ1) is 21.9. The molecule has 0 aliphatic carbocycles. The summed E-state index contributed by atoms with van der Waals surface area (Å²) in [4.78, 5) is 38.4. The van der Waals surface area contributed by atoms with Gasteiger partial charge in [0.1, 0.15) is 11.6 Å². The predicted octanol–water partition coefficient (Wildman–Crippen LogP) is 3.84. The molecule has 0 bridgehead atoms. The molecule has 0 saturated carbocycles. The Morgan fingerprint density at radius 1 is 0.933 bits per heavy atom. The standard InChI is InChI=1S/C24H32N4O2/c1-16(2)24-25-19(5)15-22(26-24)27-10-12-28(13-11-27)23(30)9-8-21(29)20-7-6-17(3)18(4)14-20/h6-7,14-16H,8-13H2,1-5H3. The molecule has 0 unspecified atom stereocenters. The highest BCUT2D eigenvalue weighted by Gasteiger charge is 2.23. The number of Topliss-reactive ketones (excluding diaryl/α,β-unsaturated/α-hetero) is 1. The molecule has 6 heteroatoms. The van der Waals surface area contributed by atoms with Crippen molar-refractivity contribution >= 4 is 17.5 Å². The van der Waals surface area contributed by atoms with Crippen LogP contribution in [0.25, 0.3) is 0 Å². The van der Waals surface area contributed by atoms with Crippen LogP contribution in [-0.2, 0) is 4.79 Å². The van der Waals surface area contributed by atoms with Crippen molar-refractivity contribution < 1.29 is 9.59 Å². The highest BCUT2D eigenvalue weighted by molar-refractivity contribution is 5.98. The van der Waals surface area contributed by atoms with Gasteiger partial charge in [-0.15, -0.1) is 0 Å². The van der Waals surface area contributed by atoms with Crippen molar-refractivity contribution in [1.82, 2.24) is 14.9 Å². The van der Waals surface area contributed by atoms with Crippen LogP contribution < -0.4 is 4.90 Å². The molecule has 1 aliphatic rings. The fraction of sp³-hybridized carbons (Fsp3) is 0.500. The SMILES string of the molecule is Cc1cc(N2CCN(C(=O)CCC(=O)c3ccc(C)c(C)c3)CC2)nc(C(C)C)n1. The van der Waals surface area contributed by atoms with Gasteiger partial charge in [0.15, 0.2) is 5.78 Å². The van der Waals surface area contributed by atoms with Gasteiger partial charge in [-0.25, -0.2) is 9.97 Å². The number of rotatable bonds is 6. The molecule has 1 aromatic heterocycles. The van der Waals surface area contributed by atoms with Crippen molar-refractivity contribution in [1.29, 1.82) is 0 Å². The van der Waals surface area contributed by atoms with E-state index in [1.165, 1.54) is 5.56 Å². The van der Waals surface area contributed by atoms with Gasteiger partial charge < -0.3 is 9.80 Å². The predicted molar refractivity (Wildman–Crippen MR) is 119 cm³/mol. The van der Waals surface area contributed by atoms with Crippen LogP contribution in [0.3, 0.4) is 0 Å². The zero-order valence-electron chi connectivity index (χ0n) is 18.7. The average molecular weight is 409 g/mol. The first-order valence-electron chi connectivity index (χ1n) is 10.7. The van der Waals surface area contributed by atoms with Crippen LogP contribution in [0.5, 0.6) is 0 Å². The second-order valence-corrected chi connectivity index (χ2v) is 8.47. The summed E-state index contributed by atoms with van der Waals surface area (Å²) >= 11 is 0. The highest BCUT2D eigenvalue weighted by atomic mass is 16.2. The fourth-order valence-electron chi connectivity index (χ4n) is 3.62. The molecule has 1 aromatic carbocycles. The molecule has 0 atom stereocenters. The minimum absolute atomic E-state index is 0.0303. The van der Waals surface area contributed by atoms with E-state index in [-0.39, 0.29) is 30.4 Å². The van der Waals surface area contributed by atoms with Gasteiger partial charge in [-0.1, -0.05) is 26.0 Å². The third kappa shape index (κ3) is 5.23. The second kappa shape index (κ2) is 9.37. The lowest BCUT2D eigenvalue weighted by Crippen LogP contribution is -2.49. The van der Waals surface area contributed by atoms with Crippen LogP contribution in [0.1, 0.15) is 65.6 Å². The summed E-state index contributed by atoms with van der Waals surface area (Å²) in [6.45, 7) is 13.0. The smallest absolute Gasteiger partial charge is 0.223 e. The van der Waals surface area contributed by atoms with E-state index < -0.39 is 0 Å². The van der Waals surface area contributed by atoms with Gasteiger partial charge in [-0.05, 0) is 38.0 Å². The van der Waals surface area contributed by atoms with Crippen LogP contribution in [0.4, 0.5) is 5.82 Å². The maximum absolute atomic E-state index is 12.6. The van der Waals surface area contributed by atoms with Crippen molar-refractivity contribution in [3.8, 4) is 0 Å². The van der Waals surface area contributed by atoms with Crippen molar-refractivity contribution in [3.63, 3.8) is 0 Å². The van der Waals surface area contributed by atoms with Gasteiger partial charge in [-0.2, -0.15) is 0 Å². The number of hydrogen-bond donors (Lipinski definition) is 0. The number of hydrogen-bond acceptors (Lipinski definition) is 5. The maximum atomic E-state index is 12.6. The third-order valence-corrected chi connectivity index (χ3v) is 5.73. The van der Waals surface area contributed by atoms with Crippen molar-refractivity contribution in [2.45, 2.75) is 53.4 Å². The number of carbonyl (C=O) groups excluding carboxylic acids is 2. The van der Waals surface area contributed by atoms with Crippen molar-refractivity contribution in [3.05, 3.63) is 52.5 Å². The molecule has 0 spiro atoms. The molecule has 1 aliphatic heterocycles. The Balaban J connectivity index is 1.53. The Bertz CT molecular complexity index is 931. The first-order chi connectivity index (χ1) is 14.2. The maximum Gasteiger partial charge on any atom is 0.223 e. The van der Waals surface area contributed by atoms with Crippen LogP contribution in [0, 0.1) is 20.8 Å². The zero-order valence-corrected chi connectivity index (χ0v) is 18.7. The van der Waals surface area contributed by atoms with E-state index in [2.05, 4.69) is 23.7 Å². The van der Waals surface area contributed by atoms with Gasteiger partial charge >= 0.3 is 0 Å². The zero-order chi connectivity index (χ0) is 21.8. The quantitative estimate of drug-likeness (QED) is 0.680. The third-order valence-electron chi connectivity index (χ3n) is 5.73. The first-order valence-corrected chi connectivity index (χ1v) is 10.7. The molecule has 30 heavy (non-hydrogen) atoms. The van der Waals surface area contributed by atoms with Crippen molar-refractivity contribution in [2.75, 3.05) is 31.1 Å². The molecule has 1 saturated heterocycles. The van der Waals surface area contributed by atoms with Gasteiger partial charge in [-0.3, -0.25) is 9.59 Å². The van der Waals surface area contributed by atoms with Gasteiger partial charge in [0.2, 0.25) is 5.91 Å². The van der Waals surface area contributed by atoms with Crippen LogP contribution in [0.15, 0.2) is 24.3 Å². The van der Waals surface area contributed by atoms with E-state index in [1.807, 2.05) is 49.9 Å². The molecule has 1 fully saturated rings. The molecule has 1 amide bonds. The van der Waals surface area contributed by atoms with Gasteiger partial charge in [0.25, 0.3) is 0 Å². The van der Waals surface area contributed by atoms with Crippen molar-refractivity contribution in [2.24, 2.45) is 0 Å². The van der Waals surface area contributed by atoms with Crippen LogP contribution in [0.2, 0.25) is 0 Å². The number of carbonyl (C=O) groups is 2. The summed E-state index contributed by atoms with van der Waals surface area (Å²) in [5, 5.41) is 0. The topological polar surface area (TPSA) is 66.4 Å². The molecule has 0 radical (unpaired) electrons. The van der Waals surface area contributed by atoms with Crippen LogP contribution >= 0.6 is 0 Å². The Morgan fingerprint density at radius 3 is 2.27 bits per heavy atom. The van der Waals surface area contributed by atoms with E-state index >= 15 is 0 Å². The molecular weight excluding hydrogens is 376 g/mol. The Morgan fingerprint density at radius 2 is 1.63 bits per heavy atom. The molecular formula is C24H32N4O2. The number of benzene rings is 1. The monoisotopic (exact) mass is 408 g/mol. The Hall–Kier alpha value is -2.76. The number of ketones is 1. The summed E-state index contributed by atoms with van der Waals surface area (Å²) in [6.07, 6.45) is 0.514. The number of aryl methyl sites for hydroxylation is 3. The summed E-state index contributed by atoms with van der Waals surface area (Å²) < 4.78 is 0. The molecule has 2 heterocycles. The summed E-state index contributed by atoms with van der Waals surface area (Å²) in [5.74, 6) is 2.15. The lowest BCUT2D eigenvalue weighted by atomic mass is 10.0. The highest BCUT2D eigenvalue weighted by Crippen LogP contribution is 2.19. The van der Waals surface area contributed by atoms with E-state index in [0.717, 1.165) is 36.0 Å². The minimum atomic E-state index is 0.0303. The number of amides is 1. The average Bonchev–Trinajstić information content (AvgIpc) is 2.73. The number of nitrogens with zero attached hydrogens (tertiary/aromatic N) is 4. The van der Waals surface area contributed by atoms with E-state index in [0.29, 0.717) is 18.7 Å². The number of aromatic nitrogens is 2. The molecule has 160 valence electrons. The summed E-state index contributed by atoms with van der Waals surface area (Å²) in [6, 6.07) is 7.73. The van der Waals surface area contributed by atoms with E-state index in [4.69, 9.17) is 4.98 Å². The fourth-order valence-corrected chi connectivity index (χ4v) is 3.62. The molecule has 3 rings (SSSR count). The second-order valence-electron chi connectivity index (χ2n) is 8.47. The minimum Gasteiger partial charge on any atom is -0.353 e. The molecule has 2 aromatic rings. The van der Waals surface area contributed by atoms with E-state index in [1.54, 1.807) is 0 Å². The summed E-state index contributed by atoms with van der Waals surface area (Å²) in [7, 11) is 0.